The SMILES string of the molecule is CCC(Cc1ccc(C(=O)Nc2ccccc2N)cc1)n1cc(C(N)=O)cn1. The van der Waals surface area contributed by atoms with E-state index in [-0.39, 0.29) is 11.9 Å². The largest absolute Gasteiger partial charge is 0.397 e. The Hall–Kier alpha value is -3.61. The van der Waals surface area contributed by atoms with Gasteiger partial charge >= 0.3 is 0 Å². The van der Waals surface area contributed by atoms with Crippen LogP contribution in [0.2, 0.25) is 0 Å². The normalized spacial score (nSPS) is 11.8. The summed E-state index contributed by atoms with van der Waals surface area (Å²) in [5.41, 5.74) is 14.3. The Morgan fingerprint density at radius 2 is 1.82 bits per heavy atom. The maximum atomic E-state index is 12.4. The van der Waals surface area contributed by atoms with Crippen LogP contribution < -0.4 is 16.8 Å². The van der Waals surface area contributed by atoms with Gasteiger partial charge in [-0.25, -0.2) is 0 Å². The molecule has 0 fully saturated rings. The van der Waals surface area contributed by atoms with Gasteiger partial charge in [-0.3, -0.25) is 14.3 Å². The van der Waals surface area contributed by atoms with Crippen LogP contribution >= 0.6 is 0 Å². The number of carbonyl (C=O) groups excluding carboxylic acids is 2. The third-order valence-electron chi connectivity index (χ3n) is 4.63. The molecule has 3 rings (SSSR count). The molecule has 0 spiro atoms. The summed E-state index contributed by atoms with van der Waals surface area (Å²) >= 11 is 0. The van der Waals surface area contributed by atoms with Crippen LogP contribution in [-0.2, 0) is 6.42 Å². The summed E-state index contributed by atoms with van der Waals surface area (Å²) in [4.78, 5) is 23.7. The number of nitrogen functional groups attached to an aromatic ring is 1. The highest BCUT2D eigenvalue weighted by atomic mass is 16.2. The number of benzene rings is 2. The van der Waals surface area contributed by atoms with Gasteiger partial charge in [0.05, 0.1) is 29.2 Å². The summed E-state index contributed by atoms with van der Waals surface area (Å²) < 4.78 is 1.76. The zero-order chi connectivity index (χ0) is 20.1. The molecule has 1 aromatic heterocycles. The number of anilines is 2. The smallest absolute Gasteiger partial charge is 0.255 e. The topological polar surface area (TPSA) is 116 Å². The van der Waals surface area contributed by atoms with E-state index < -0.39 is 5.91 Å². The van der Waals surface area contributed by atoms with Gasteiger partial charge in [-0.05, 0) is 42.7 Å². The summed E-state index contributed by atoms with van der Waals surface area (Å²) in [6, 6.07) is 14.6. The van der Waals surface area contributed by atoms with Crippen LogP contribution in [0.4, 0.5) is 11.4 Å². The van der Waals surface area contributed by atoms with Crippen molar-refractivity contribution in [3.05, 3.63) is 77.6 Å². The molecule has 0 aliphatic rings. The van der Waals surface area contributed by atoms with Crippen molar-refractivity contribution < 1.29 is 9.59 Å². The quantitative estimate of drug-likeness (QED) is 0.549. The second kappa shape index (κ2) is 8.39. The lowest BCUT2D eigenvalue weighted by molar-refractivity contribution is 0.0997. The third kappa shape index (κ3) is 4.37. The Morgan fingerprint density at radius 1 is 1.11 bits per heavy atom. The first kappa shape index (κ1) is 19.2. The summed E-state index contributed by atoms with van der Waals surface area (Å²) in [6.07, 6.45) is 4.72. The Labute approximate surface area is 163 Å². The highest BCUT2D eigenvalue weighted by molar-refractivity contribution is 6.05. The number of hydrogen-bond acceptors (Lipinski definition) is 4. The minimum atomic E-state index is -0.490. The lowest BCUT2D eigenvalue weighted by Gasteiger charge is -2.16. The number of hydrogen-bond donors (Lipinski definition) is 3. The van der Waals surface area contributed by atoms with Crippen LogP contribution in [0.15, 0.2) is 60.9 Å². The van der Waals surface area contributed by atoms with Crippen LogP contribution in [0.3, 0.4) is 0 Å². The molecule has 1 unspecified atom stereocenters. The first-order valence-corrected chi connectivity index (χ1v) is 9.06. The van der Waals surface area contributed by atoms with E-state index in [2.05, 4.69) is 17.3 Å². The number of primary amides is 1. The molecule has 1 heterocycles. The summed E-state index contributed by atoms with van der Waals surface area (Å²) in [5.74, 6) is -0.704. The fraction of sp³-hybridized carbons (Fsp3) is 0.190. The van der Waals surface area contributed by atoms with E-state index in [1.807, 2.05) is 24.3 Å². The molecule has 2 aromatic carbocycles. The van der Waals surface area contributed by atoms with Gasteiger partial charge in [-0.2, -0.15) is 5.10 Å². The number of para-hydroxylation sites is 2. The fourth-order valence-electron chi connectivity index (χ4n) is 2.96. The number of aromatic nitrogens is 2. The first-order valence-electron chi connectivity index (χ1n) is 9.06. The van der Waals surface area contributed by atoms with E-state index in [0.717, 1.165) is 18.4 Å². The molecule has 28 heavy (non-hydrogen) atoms. The maximum absolute atomic E-state index is 12.4. The number of rotatable bonds is 7. The molecule has 0 bridgehead atoms. The van der Waals surface area contributed by atoms with Gasteiger partial charge in [0, 0.05) is 11.8 Å². The van der Waals surface area contributed by atoms with Crippen LogP contribution in [0.5, 0.6) is 0 Å². The standard InChI is InChI=1S/C21H23N5O2/c1-2-17(26-13-16(12-24-26)20(23)27)11-14-7-9-15(10-8-14)21(28)25-19-6-4-3-5-18(19)22/h3-10,12-13,17H,2,11,22H2,1H3,(H2,23,27)(H,25,28). The lowest BCUT2D eigenvalue weighted by atomic mass is 10.0. The molecule has 0 saturated heterocycles. The summed E-state index contributed by atoms with van der Waals surface area (Å²) in [6.45, 7) is 2.06. The number of nitrogens with two attached hydrogens (primary N) is 2. The Morgan fingerprint density at radius 3 is 2.43 bits per heavy atom. The minimum absolute atomic E-state index is 0.0943. The van der Waals surface area contributed by atoms with E-state index in [1.54, 1.807) is 35.1 Å². The van der Waals surface area contributed by atoms with Crippen molar-refractivity contribution in [3.63, 3.8) is 0 Å². The van der Waals surface area contributed by atoms with Gasteiger partial charge < -0.3 is 16.8 Å². The molecule has 0 radical (unpaired) electrons. The van der Waals surface area contributed by atoms with Gasteiger partial charge in [0.25, 0.3) is 11.8 Å². The molecule has 0 aliphatic heterocycles. The van der Waals surface area contributed by atoms with Crippen molar-refractivity contribution >= 4 is 23.2 Å². The molecule has 7 heteroatoms. The molecule has 1 atom stereocenters. The molecule has 0 aliphatic carbocycles. The van der Waals surface area contributed by atoms with E-state index in [4.69, 9.17) is 11.5 Å². The van der Waals surface area contributed by atoms with E-state index in [0.29, 0.717) is 22.5 Å². The maximum Gasteiger partial charge on any atom is 0.255 e. The summed E-state index contributed by atoms with van der Waals surface area (Å²) in [7, 11) is 0. The highest BCUT2D eigenvalue weighted by Crippen LogP contribution is 2.20. The van der Waals surface area contributed by atoms with Gasteiger partial charge in [0.2, 0.25) is 0 Å². The average molecular weight is 377 g/mol. The zero-order valence-corrected chi connectivity index (χ0v) is 15.6. The predicted molar refractivity (Wildman–Crippen MR) is 109 cm³/mol. The van der Waals surface area contributed by atoms with E-state index in [1.165, 1.54) is 6.20 Å². The molecule has 0 saturated carbocycles. The van der Waals surface area contributed by atoms with Crippen LogP contribution in [0.1, 0.15) is 45.7 Å². The van der Waals surface area contributed by atoms with E-state index in [9.17, 15) is 9.59 Å². The molecular weight excluding hydrogens is 354 g/mol. The number of carbonyl (C=O) groups is 2. The minimum Gasteiger partial charge on any atom is -0.397 e. The number of amides is 2. The van der Waals surface area contributed by atoms with Gasteiger partial charge in [0.1, 0.15) is 0 Å². The fourth-order valence-corrected chi connectivity index (χ4v) is 2.96. The average Bonchev–Trinajstić information content (AvgIpc) is 3.18. The second-order valence-electron chi connectivity index (χ2n) is 6.58. The Balaban J connectivity index is 1.68. The predicted octanol–water partition coefficient (Wildman–Crippen LogP) is 3.01. The van der Waals surface area contributed by atoms with Crippen LogP contribution in [0, 0.1) is 0 Å². The molecule has 144 valence electrons. The van der Waals surface area contributed by atoms with Crippen molar-refractivity contribution in [1.82, 2.24) is 9.78 Å². The third-order valence-corrected chi connectivity index (χ3v) is 4.63. The van der Waals surface area contributed by atoms with Crippen LogP contribution in [-0.4, -0.2) is 21.6 Å². The summed E-state index contributed by atoms with van der Waals surface area (Å²) in [5, 5.41) is 7.06. The Bertz CT molecular complexity index is 978. The van der Waals surface area contributed by atoms with Gasteiger partial charge in [-0.1, -0.05) is 31.2 Å². The number of nitrogens with zero attached hydrogens (tertiary/aromatic N) is 2. The monoisotopic (exact) mass is 377 g/mol. The zero-order valence-electron chi connectivity index (χ0n) is 15.6. The molecular formula is C21H23N5O2. The van der Waals surface area contributed by atoms with Crippen molar-refractivity contribution in [1.29, 1.82) is 0 Å². The van der Waals surface area contributed by atoms with Crippen molar-refractivity contribution in [2.75, 3.05) is 11.1 Å². The number of nitrogens with one attached hydrogen (secondary N) is 1. The molecule has 2 amide bonds. The van der Waals surface area contributed by atoms with Gasteiger partial charge in [0.15, 0.2) is 0 Å². The lowest BCUT2D eigenvalue weighted by Crippen LogP contribution is -2.14. The van der Waals surface area contributed by atoms with Crippen molar-refractivity contribution in [2.24, 2.45) is 5.73 Å². The van der Waals surface area contributed by atoms with Crippen molar-refractivity contribution in [2.45, 2.75) is 25.8 Å². The van der Waals surface area contributed by atoms with E-state index >= 15 is 0 Å². The van der Waals surface area contributed by atoms with Crippen LogP contribution in [0.25, 0.3) is 0 Å². The highest BCUT2D eigenvalue weighted by Gasteiger charge is 2.14. The molecule has 5 N–H and O–H groups in total. The molecule has 3 aromatic rings. The van der Waals surface area contributed by atoms with Crippen molar-refractivity contribution in [3.8, 4) is 0 Å². The first-order chi connectivity index (χ1) is 13.5. The second-order valence-corrected chi connectivity index (χ2v) is 6.58. The van der Waals surface area contributed by atoms with Gasteiger partial charge in [-0.15, -0.1) is 0 Å². The molecule has 7 nitrogen and oxygen atoms in total. The Kier molecular flexibility index (Phi) is 5.74.